The van der Waals surface area contributed by atoms with E-state index in [1.54, 1.807) is 6.07 Å². The van der Waals surface area contributed by atoms with Crippen LogP contribution in [0, 0.1) is 5.92 Å². The largest absolute Gasteiger partial charge is 0.504 e. The van der Waals surface area contributed by atoms with Crippen molar-refractivity contribution < 1.29 is 14.6 Å². The summed E-state index contributed by atoms with van der Waals surface area (Å²) >= 11 is 0. The monoisotopic (exact) mass is 398 g/mol. The van der Waals surface area contributed by atoms with E-state index in [4.69, 9.17) is 4.74 Å². The molecule has 1 amide bonds. The summed E-state index contributed by atoms with van der Waals surface area (Å²) in [5, 5.41) is 9.71. The van der Waals surface area contributed by atoms with Gasteiger partial charge in [0.1, 0.15) is 0 Å². The standard InChI is InChI=1S/C21H34N2O3.ClH/c1-16-5-9-18(10-6-16)23(14-13-22(2)3)21(25)12-8-17-7-11-19(24)20(15-17)26-4;/h7,11,15-16,18,24H,5-6,8-10,12-14H2,1-4H3;1H. The molecule has 0 heterocycles. The highest BCUT2D eigenvalue weighted by Crippen LogP contribution is 2.29. The number of hydrogen-bond donors (Lipinski definition) is 1. The number of likely N-dealkylation sites (N-methyl/N-ethyl adjacent to an activating group) is 1. The van der Waals surface area contributed by atoms with E-state index >= 15 is 0 Å². The maximum Gasteiger partial charge on any atom is 0.223 e. The molecule has 0 aromatic heterocycles. The minimum atomic E-state index is 0. The smallest absolute Gasteiger partial charge is 0.223 e. The number of rotatable bonds is 8. The molecule has 27 heavy (non-hydrogen) atoms. The van der Waals surface area contributed by atoms with E-state index < -0.39 is 0 Å². The highest BCUT2D eigenvalue weighted by Gasteiger charge is 2.27. The van der Waals surface area contributed by atoms with Crippen LogP contribution in [0.1, 0.15) is 44.6 Å². The molecule has 0 unspecified atom stereocenters. The van der Waals surface area contributed by atoms with Gasteiger partial charge in [0, 0.05) is 25.6 Å². The quantitative estimate of drug-likeness (QED) is 0.725. The van der Waals surface area contributed by atoms with Crippen LogP contribution >= 0.6 is 12.4 Å². The van der Waals surface area contributed by atoms with Gasteiger partial charge in [-0.3, -0.25) is 4.79 Å². The number of phenolic OH excluding ortho intramolecular Hbond substituents is 1. The molecule has 6 heteroatoms. The third-order valence-corrected chi connectivity index (χ3v) is 5.41. The van der Waals surface area contributed by atoms with Crippen LogP contribution < -0.4 is 4.74 Å². The highest BCUT2D eigenvalue weighted by atomic mass is 35.5. The minimum absolute atomic E-state index is 0. The van der Waals surface area contributed by atoms with Gasteiger partial charge >= 0.3 is 0 Å². The molecule has 0 bridgehead atoms. The number of halogens is 1. The summed E-state index contributed by atoms with van der Waals surface area (Å²) in [6, 6.07) is 5.69. The lowest BCUT2D eigenvalue weighted by molar-refractivity contribution is -0.134. The minimum Gasteiger partial charge on any atom is -0.504 e. The summed E-state index contributed by atoms with van der Waals surface area (Å²) in [7, 11) is 5.64. The molecule has 1 fully saturated rings. The lowest BCUT2D eigenvalue weighted by Gasteiger charge is -2.37. The van der Waals surface area contributed by atoms with Gasteiger partial charge in [0.15, 0.2) is 11.5 Å². The first-order valence-electron chi connectivity index (χ1n) is 9.70. The third kappa shape index (κ3) is 7.23. The Labute approximate surface area is 170 Å². The average Bonchev–Trinajstić information content (AvgIpc) is 2.62. The van der Waals surface area contributed by atoms with Crippen molar-refractivity contribution in [2.45, 2.75) is 51.5 Å². The van der Waals surface area contributed by atoms with Gasteiger partial charge in [0.25, 0.3) is 0 Å². The van der Waals surface area contributed by atoms with Crippen LogP contribution in [0.5, 0.6) is 11.5 Å². The SMILES string of the molecule is COc1cc(CCC(=O)N(CCN(C)C)C2CCC(C)CC2)ccc1O.Cl. The van der Waals surface area contributed by atoms with Crippen molar-refractivity contribution in [2.24, 2.45) is 5.92 Å². The van der Waals surface area contributed by atoms with Crippen molar-refractivity contribution in [3.8, 4) is 11.5 Å². The zero-order valence-electron chi connectivity index (χ0n) is 17.1. The summed E-state index contributed by atoms with van der Waals surface area (Å²) in [6.07, 6.45) is 5.82. The van der Waals surface area contributed by atoms with Crippen molar-refractivity contribution in [1.29, 1.82) is 0 Å². The second-order valence-electron chi connectivity index (χ2n) is 7.81. The molecule has 5 nitrogen and oxygen atoms in total. The summed E-state index contributed by atoms with van der Waals surface area (Å²) in [4.78, 5) is 17.2. The molecule has 0 saturated heterocycles. The van der Waals surface area contributed by atoms with E-state index in [-0.39, 0.29) is 24.1 Å². The molecule has 1 aromatic rings. The molecule has 1 aromatic carbocycles. The van der Waals surface area contributed by atoms with Crippen LogP contribution in [0.2, 0.25) is 0 Å². The van der Waals surface area contributed by atoms with Gasteiger partial charge in [-0.05, 0) is 69.8 Å². The number of nitrogens with zero attached hydrogens (tertiary/aromatic N) is 2. The zero-order valence-corrected chi connectivity index (χ0v) is 17.9. The number of carbonyl (C=O) groups excluding carboxylic acids is 1. The van der Waals surface area contributed by atoms with E-state index in [2.05, 4.69) is 16.7 Å². The van der Waals surface area contributed by atoms with E-state index in [1.165, 1.54) is 20.0 Å². The Morgan fingerprint density at radius 3 is 2.44 bits per heavy atom. The van der Waals surface area contributed by atoms with Gasteiger partial charge in [0.05, 0.1) is 7.11 Å². The fourth-order valence-corrected chi connectivity index (χ4v) is 3.65. The van der Waals surface area contributed by atoms with Crippen molar-refractivity contribution >= 4 is 18.3 Å². The molecule has 0 spiro atoms. The molecular weight excluding hydrogens is 364 g/mol. The van der Waals surface area contributed by atoms with E-state index in [9.17, 15) is 9.90 Å². The van der Waals surface area contributed by atoms with Crippen LogP contribution in [0.15, 0.2) is 18.2 Å². The number of aromatic hydroxyl groups is 1. The van der Waals surface area contributed by atoms with Crippen molar-refractivity contribution in [2.75, 3.05) is 34.3 Å². The van der Waals surface area contributed by atoms with Gasteiger partial charge in [-0.25, -0.2) is 0 Å². The molecule has 2 rings (SSSR count). The van der Waals surface area contributed by atoms with Gasteiger partial charge in [-0.2, -0.15) is 0 Å². The van der Waals surface area contributed by atoms with Crippen LogP contribution in [-0.4, -0.2) is 61.2 Å². The number of carbonyl (C=O) groups is 1. The number of phenols is 1. The Morgan fingerprint density at radius 1 is 1.19 bits per heavy atom. The van der Waals surface area contributed by atoms with E-state index in [1.807, 2.05) is 26.2 Å². The maximum atomic E-state index is 13.0. The fourth-order valence-electron chi connectivity index (χ4n) is 3.65. The molecule has 1 aliphatic carbocycles. The number of aryl methyl sites for hydroxylation is 1. The Kier molecular flexibility index (Phi) is 9.95. The second kappa shape index (κ2) is 11.4. The molecular formula is C21H35ClN2O3. The topological polar surface area (TPSA) is 53.0 Å². The third-order valence-electron chi connectivity index (χ3n) is 5.41. The maximum absolute atomic E-state index is 13.0. The number of hydrogen-bond acceptors (Lipinski definition) is 4. The van der Waals surface area contributed by atoms with Gasteiger partial charge in [-0.1, -0.05) is 13.0 Å². The van der Waals surface area contributed by atoms with E-state index in [0.717, 1.165) is 37.4 Å². The zero-order chi connectivity index (χ0) is 19.1. The predicted octanol–water partition coefficient (Wildman–Crippen LogP) is 3.72. The van der Waals surface area contributed by atoms with E-state index in [0.29, 0.717) is 24.6 Å². The molecule has 0 aliphatic heterocycles. The fraction of sp³-hybridized carbons (Fsp3) is 0.667. The average molecular weight is 399 g/mol. The Hall–Kier alpha value is -1.46. The lowest BCUT2D eigenvalue weighted by atomic mass is 9.86. The summed E-state index contributed by atoms with van der Waals surface area (Å²) in [5.41, 5.74) is 1.01. The van der Waals surface area contributed by atoms with Crippen LogP contribution in [0.25, 0.3) is 0 Å². The summed E-state index contributed by atoms with van der Waals surface area (Å²) in [6.45, 7) is 4.00. The molecule has 0 atom stereocenters. The first-order valence-corrected chi connectivity index (χ1v) is 9.70. The Bertz CT molecular complexity index is 587. The summed E-state index contributed by atoms with van der Waals surface area (Å²) in [5.74, 6) is 1.60. The number of amides is 1. The van der Waals surface area contributed by atoms with Gasteiger partial charge in [-0.15, -0.1) is 12.4 Å². The second-order valence-corrected chi connectivity index (χ2v) is 7.81. The Balaban J connectivity index is 0.00000364. The number of ether oxygens (including phenoxy) is 1. The number of benzene rings is 1. The lowest BCUT2D eigenvalue weighted by Crippen LogP contribution is -2.45. The van der Waals surface area contributed by atoms with Crippen LogP contribution in [0.4, 0.5) is 0 Å². The Morgan fingerprint density at radius 2 is 1.85 bits per heavy atom. The van der Waals surface area contributed by atoms with Crippen molar-refractivity contribution in [3.63, 3.8) is 0 Å². The summed E-state index contributed by atoms with van der Waals surface area (Å²) < 4.78 is 5.16. The van der Waals surface area contributed by atoms with Crippen LogP contribution in [0.3, 0.4) is 0 Å². The molecule has 1 N–H and O–H groups in total. The van der Waals surface area contributed by atoms with Gasteiger partial charge < -0.3 is 19.6 Å². The molecule has 1 aliphatic rings. The van der Waals surface area contributed by atoms with Gasteiger partial charge in [0.2, 0.25) is 5.91 Å². The van der Waals surface area contributed by atoms with Crippen molar-refractivity contribution in [3.05, 3.63) is 23.8 Å². The number of methoxy groups -OCH3 is 1. The predicted molar refractivity (Wildman–Crippen MR) is 112 cm³/mol. The molecule has 154 valence electrons. The van der Waals surface area contributed by atoms with Crippen LogP contribution in [-0.2, 0) is 11.2 Å². The molecule has 1 saturated carbocycles. The van der Waals surface area contributed by atoms with Crippen molar-refractivity contribution in [1.82, 2.24) is 9.80 Å². The molecule has 0 radical (unpaired) electrons. The first kappa shape index (κ1) is 23.6. The highest BCUT2D eigenvalue weighted by molar-refractivity contribution is 5.85. The first-order chi connectivity index (χ1) is 12.4. The normalized spacial score (nSPS) is 19.4.